The van der Waals surface area contributed by atoms with Crippen molar-refractivity contribution in [3.63, 3.8) is 0 Å². The van der Waals surface area contributed by atoms with Crippen molar-refractivity contribution in [3.05, 3.63) is 42.0 Å². The molecule has 0 aromatic heterocycles. The van der Waals surface area contributed by atoms with Gasteiger partial charge in [-0.25, -0.2) is 8.42 Å². The lowest BCUT2D eigenvalue weighted by Crippen LogP contribution is -2.36. The number of aliphatic hydroxyl groups excluding tert-OH is 1. The normalized spacial score (nSPS) is 16.4. The maximum atomic E-state index is 13.0. The molecule has 16 heteroatoms. The van der Waals surface area contributed by atoms with Gasteiger partial charge in [0.2, 0.25) is 6.04 Å². The van der Waals surface area contributed by atoms with Crippen LogP contribution in [0.5, 0.6) is 5.75 Å². The van der Waals surface area contributed by atoms with Gasteiger partial charge in [0.05, 0.1) is 30.1 Å². The number of carbonyl (C=O) groups is 2. The van der Waals surface area contributed by atoms with Gasteiger partial charge in [-0.3, -0.25) is 14.1 Å². The quantitative estimate of drug-likeness (QED) is 0.295. The Bertz CT molecular complexity index is 1500. The first-order valence-corrected chi connectivity index (χ1v) is 13.1. The van der Waals surface area contributed by atoms with Gasteiger partial charge in [0, 0.05) is 6.07 Å². The van der Waals surface area contributed by atoms with E-state index in [4.69, 9.17) is 15.6 Å². The zero-order valence-electron chi connectivity index (χ0n) is 18.9. The Balaban J connectivity index is 2.04. The minimum Gasteiger partial charge on any atom is -0.494 e. The van der Waals surface area contributed by atoms with E-state index in [0.29, 0.717) is 5.01 Å². The summed E-state index contributed by atoms with van der Waals surface area (Å²) in [6, 6.07) is 5.74. The maximum Gasteiger partial charge on any atom is 0.296 e. The van der Waals surface area contributed by atoms with Crippen LogP contribution in [-0.2, 0) is 29.5 Å². The average molecular weight is 540 g/mol. The average Bonchev–Trinajstić information content (AvgIpc) is 3.13. The second-order valence-electron chi connectivity index (χ2n) is 7.39. The summed E-state index contributed by atoms with van der Waals surface area (Å²) in [6.45, 7) is 0.898. The number of para-hydroxylation sites is 1. The van der Waals surface area contributed by atoms with Crippen LogP contribution in [0.2, 0.25) is 0 Å². The number of rotatable bonds is 9. The lowest BCUT2D eigenvalue weighted by Gasteiger charge is -2.15. The summed E-state index contributed by atoms with van der Waals surface area (Å²) < 4.78 is 62.9. The lowest BCUT2D eigenvalue weighted by atomic mass is 10.1. The van der Waals surface area contributed by atoms with E-state index in [0.717, 1.165) is 6.07 Å². The molecule has 0 saturated heterocycles. The van der Waals surface area contributed by atoms with Crippen LogP contribution in [0.1, 0.15) is 5.56 Å². The van der Waals surface area contributed by atoms with E-state index < -0.39 is 60.8 Å². The van der Waals surface area contributed by atoms with Crippen molar-refractivity contribution in [2.45, 2.75) is 22.8 Å². The van der Waals surface area contributed by atoms with Crippen LogP contribution in [-0.4, -0.2) is 69.5 Å². The predicted molar refractivity (Wildman–Crippen MR) is 126 cm³/mol. The molecular weight excluding hydrogens is 518 g/mol. The highest BCUT2D eigenvalue weighted by molar-refractivity contribution is 7.91. The zero-order chi connectivity index (χ0) is 26.8. The van der Waals surface area contributed by atoms with E-state index >= 15 is 0 Å². The van der Waals surface area contributed by atoms with E-state index in [9.17, 15) is 31.0 Å². The molecule has 1 aliphatic rings. The Kier molecular flexibility index (Phi) is 7.54. The van der Waals surface area contributed by atoms with Crippen molar-refractivity contribution in [2.75, 3.05) is 24.5 Å². The number of aryl methyl sites for hydroxylation is 1. The number of carbonyl (C=O) groups excluding carboxylic acids is 2. The molecule has 0 fully saturated rings. The first kappa shape index (κ1) is 26.9. The van der Waals surface area contributed by atoms with Crippen molar-refractivity contribution >= 4 is 48.9 Å². The van der Waals surface area contributed by atoms with Gasteiger partial charge in [-0.05, 0) is 30.7 Å². The smallest absolute Gasteiger partial charge is 0.296 e. The number of sulfone groups is 1. The van der Waals surface area contributed by atoms with Gasteiger partial charge in [-0.1, -0.05) is 12.1 Å². The van der Waals surface area contributed by atoms with Crippen molar-refractivity contribution in [3.8, 4) is 5.75 Å². The van der Waals surface area contributed by atoms with Crippen LogP contribution in [0.25, 0.3) is 0 Å². The Morgan fingerprint density at radius 3 is 2.44 bits per heavy atom. The number of hydrogen-bond donors (Lipinski definition) is 3. The van der Waals surface area contributed by atoms with Crippen LogP contribution in [0.15, 0.2) is 61.5 Å². The first-order valence-electron chi connectivity index (χ1n) is 10.0. The fraction of sp³-hybridized carbons (Fsp3) is 0.250. The van der Waals surface area contributed by atoms with Crippen molar-refractivity contribution < 1.29 is 40.8 Å². The molecule has 0 saturated carbocycles. The molecule has 3 rings (SSSR count). The van der Waals surface area contributed by atoms with E-state index in [1.165, 1.54) is 44.4 Å². The molecule has 2 aromatic rings. The number of azo groups is 1. The third kappa shape index (κ3) is 5.25. The maximum absolute atomic E-state index is 13.0. The molecular formula is C20H21N5O9S2. The predicted octanol–water partition coefficient (Wildman–Crippen LogP) is 0.357. The largest absolute Gasteiger partial charge is 0.494 e. The SMILES string of the molecule is COc1cc(S(=O)(=O)CCO)c(C)cc1N=NC1C(=O)N(c2ccccc2S(=O)(=O)O)N=C1C(N)=O. The monoisotopic (exact) mass is 539 g/mol. The second-order valence-corrected chi connectivity index (χ2v) is 10.9. The second kappa shape index (κ2) is 10.1. The minimum atomic E-state index is -4.75. The number of nitrogens with zero attached hydrogens (tertiary/aromatic N) is 4. The number of hydrazone groups is 1. The summed E-state index contributed by atoms with van der Waals surface area (Å²) in [5.74, 6) is -2.65. The van der Waals surface area contributed by atoms with Crippen LogP contribution in [0, 0.1) is 6.92 Å². The first-order chi connectivity index (χ1) is 16.8. The summed E-state index contributed by atoms with van der Waals surface area (Å²) in [5, 5.41) is 21.2. The molecule has 0 radical (unpaired) electrons. The van der Waals surface area contributed by atoms with Gasteiger partial charge < -0.3 is 15.6 Å². The van der Waals surface area contributed by atoms with Gasteiger partial charge in [-0.2, -0.15) is 28.8 Å². The van der Waals surface area contributed by atoms with Crippen LogP contribution >= 0.6 is 0 Å². The fourth-order valence-corrected chi connectivity index (χ4v) is 5.30. The molecule has 1 aliphatic heterocycles. The summed E-state index contributed by atoms with van der Waals surface area (Å²) in [7, 11) is -7.32. The molecule has 2 amide bonds. The number of aliphatic hydroxyl groups is 1. The third-order valence-corrected chi connectivity index (χ3v) is 7.72. The number of anilines is 1. The lowest BCUT2D eigenvalue weighted by molar-refractivity contribution is -0.118. The number of hydrogen-bond acceptors (Lipinski definition) is 11. The van der Waals surface area contributed by atoms with Crippen LogP contribution in [0.4, 0.5) is 11.4 Å². The van der Waals surface area contributed by atoms with Gasteiger partial charge in [0.1, 0.15) is 16.3 Å². The van der Waals surface area contributed by atoms with E-state index in [1.807, 2.05) is 0 Å². The molecule has 1 atom stereocenters. The molecule has 0 spiro atoms. The van der Waals surface area contributed by atoms with Crippen LogP contribution in [0.3, 0.4) is 0 Å². The van der Waals surface area contributed by atoms with Crippen molar-refractivity contribution in [1.82, 2.24) is 0 Å². The van der Waals surface area contributed by atoms with Crippen molar-refractivity contribution in [2.24, 2.45) is 21.1 Å². The number of ether oxygens (including phenoxy) is 1. The van der Waals surface area contributed by atoms with Crippen LogP contribution < -0.4 is 15.5 Å². The highest BCUT2D eigenvalue weighted by Crippen LogP contribution is 2.35. The number of methoxy groups -OCH3 is 1. The topological polar surface area (TPSA) is 218 Å². The molecule has 1 heterocycles. The molecule has 14 nitrogen and oxygen atoms in total. The molecule has 0 bridgehead atoms. The molecule has 4 N–H and O–H groups in total. The Morgan fingerprint density at radius 2 is 1.86 bits per heavy atom. The Labute approximate surface area is 205 Å². The minimum absolute atomic E-state index is 0.00588. The number of nitrogens with two attached hydrogens (primary N) is 1. The van der Waals surface area contributed by atoms with E-state index in [-0.39, 0.29) is 27.6 Å². The Hall–Kier alpha value is -3.73. The molecule has 192 valence electrons. The van der Waals surface area contributed by atoms with Gasteiger partial charge in [-0.15, -0.1) is 0 Å². The summed E-state index contributed by atoms with van der Waals surface area (Å²) in [4.78, 5) is 24.3. The summed E-state index contributed by atoms with van der Waals surface area (Å²) in [6.07, 6.45) is 0. The van der Waals surface area contributed by atoms with E-state index in [1.54, 1.807) is 0 Å². The molecule has 1 unspecified atom stereocenters. The molecule has 2 aromatic carbocycles. The fourth-order valence-electron chi connectivity index (χ4n) is 3.34. The molecule has 36 heavy (non-hydrogen) atoms. The number of amides is 2. The highest BCUT2D eigenvalue weighted by Gasteiger charge is 2.41. The molecule has 0 aliphatic carbocycles. The Morgan fingerprint density at radius 1 is 1.19 bits per heavy atom. The zero-order valence-corrected chi connectivity index (χ0v) is 20.5. The number of benzene rings is 2. The standard InChI is InChI=1S/C20H21N5O9S2/c1-11-9-12(14(34-2)10-16(11)35(29,30)8-7-26)22-23-18-17(19(21)27)24-25(20(18)28)13-5-3-4-6-15(13)36(31,32)33/h3-6,9-10,18,26H,7-8H2,1-2H3,(H2,21,27)(H,31,32,33). The summed E-state index contributed by atoms with van der Waals surface area (Å²) in [5.41, 5.74) is 4.70. The van der Waals surface area contributed by atoms with Gasteiger partial charge in [0.15, 0.2) is 15.5 Å². The third-order valence-electron chi connectivity index (χ3n) is 4.99. The van der Waals surface area contributed by atoms with Gasteiger partial charge >= 0.3 is 0 Å². The van der Waals surface area contributed by atoms with Crippen molar-refractivity contribution in [1.29, 1.82) is 0 Å². The van der Waals surface area contributed by atoms with Gasteiger partial charge in [0.25, 0.3) is 21.9 Å². The summed E-state index contributed by atoms with van der Waals surface area (Å²) >= 11 is 0. The van der Waals surface area contributed by atoms with E-state index in [2.05, 4.69) is 15.3 Å². The number of primary amides is 1. The highest BCUT2D eigenvalue weighted by atomic mass is 32.2.